The van der Waals surface area contributed by atoms with E-state index < -0.39 is 24.4 Å². The number of hydrogen-bond acceptors (Lipinski definition) is 6. The van der Waals surface area contributed by atoms with Crippen molar-refractivity contribution < 1.29 is 29.5 Å². The highest BCUT2D eigenvalue weighted by Gasteiger charge is 2.32. The number of hydrogen-bond donors (Lipinski definition) is 3. The second-order valence-electron chi connectivity index (χ2n) is 3.17. The lowest BCUT2D eigenvalue weighted by Crippen LogP contribution is -2.49. The summed E-state index contributed by atoms with van der Waals surface area (Å²) in [5.74, 6) is 0. The molecule has 0 saturated carbocycles. The summed E-state index contributed by atoms with van der Waals surface area (Å²) >= 11 is 0. The van der Waals surface area contributed by atoms with Gasteiger partial charge in [-0.2, -0.15) is 0 Å². The van der Waals surface area contributed by atoms with E-state index in [1.54, 1.807) is 0 Å². The minimum absolute atomic E-state index is 0.0391. The molecule has 0 rings (SSSR count). The van der Waals surface area contributed by atoms with Crippen LogP contribution in [0.2, 0.25) is 0 Å². The van der Waals surface area contributed by atoms with Crippen molar-refractivity contribution in [2.75, 3.05) is 34.5 Å². The molecule has 0 fully saturated rings. The fourth-order valence-electron chi connectivity index (χ4n) is 1.32. The predicted molar refractivity (Wildman–Crippen MR) is 52.6 cm³/mol. The zero-order chi connectivity index (χ0) is 11.8. The van der Waals surface area contributed by atoms with E-state index in [1.165, 1.54) is 21.3 Å². The molecule has 0 aliphatic heterocycles. The first-order valence-corrected chi connectivity index (χ1v) is 4.63. The lowest BCUT2D eigenvalue weighted by atomic mass is 10.0. The minimum Gasteiger partial charge on any atom is -0.394 e. The Kier molecular flexibility index (Phi) is 7.85. The molecule has 0 aliphatic carbocycles. The zero-order valence-corrected chi connectivity index (χ0v) is 9.29. The van der Waals surface area contributed by atoms with Gasteiger partial charge in [-0.1, -0.05) is 0 Å². The highest BCUT2D eigenvalue weighted by molar-refractivity contribution is 4.82. The molecule has 0 amide bonds. The van der Waals surface area contributed by atoms with E-state index >= 15 is 0 Å². The Labute approximate surface area is 89.4 Å². The third-order valence-corrected chi connectivity index (χ3v) is 2.19. The summed E-state index contributed by atoms with van der Waals surface area (Å²) in [6.07, 6.45) is -3.74. The monoisotopic (exact) mass is 224 g/mol. The van der Waals surface area contributed by atoms with Gasteiger partial charge in [0.25, 0.3) is 0 Å². The van der Waals surface area contributed by atoms with Crippen LogP contribution in [0.15, 0.2) is 0 Å². The van der Waals surface area contributed by atoms with Crippen molar-refractivity contribution in [3.05, 3.63) is 0 Å². The molecule has 6 heteroatoms. The summed E-state index contributed by atoms with van der Waals surface area (Å²) in [6.45, 7) is -0.311. The standard InChI is InChI=1S/C9H20O6/c1-13-5-6(11)9(15-3)8(12)7(4-10)14-2/h6-12H,4-5H2,1-3H3/t6-,7+,8-,9-/m1/s1. The van der Waals surface area contributed by atoms with Crippen LogP contribution >= 0.6 is 0 Å². The van der Waals surface area contributed by atoms with E-state index in [1.807, 2.05) is 0 Å². The van der Waals surface area contributed by atoms with E-state index in [0.717, 1.165) is 0 Å². The van der Waals surface area contributed by atoms with E-state index in [9.17, 15) is 10.2 Å². The van der Waals surface area contributed by atoms with Crippen molar-refractivity contribution in [3.63, 3.8) is 0 Å². The summed E-state index contributed by atoms with van der Waals surface area (Å²) in [5.41, 5.74) is 0. The molecule has 0 aromatic carbocycles. The largest absolute Gasteiger partial charge is 0.394 e. The Morgan fingerprint density at radius 1 is 1.07 bits per heavy atom. The van der Waals surface area contributed by atoms with Gasteiger partial charge in [-0.3, -0.25) is 0 Å². The summed E-state index contributed by atoms with van der Waals surface area (Å²) in [6, 6.07) is 0. The third-order valence-electron chi connectivity index (χ3n) is 2.19. The smallest absolute Gasteiger partial charge is 0.114 e. The summed E-state index contributed by atoms with van der Waals surface area (Å²) in [5, 5.41) is 28.2. The topological polar surface area (TPSA) is 88.4 Å². The maximum absolute atomic E-state index is 9.74. The molecule has 0 spiro atoms. The van der Waals surface area contributed by atoms with Gasteiger partial charge in [-0.25, -0.2) is 0 Å². The highest BCUT2D eigenvalue weighted by Crippen LogP contribution is 2.11. The fourth-order valence-corrected chi connectivity index (χ4v) is 1.32. The lowest BCUT2D eigenvalue weighted by Gasteiger charge is -2.29. The van der Waals surface area contributed by atoms with Gasteiger partial charge in [0.2, 0.25) is 0 Å². The molecule has 0 bridgehead atoms. The Hall–Kier alpha value is -0.240. The highest BCUT2D eigenvalue weighted by atomic mass is 16.5. The summed E-state index contributed by atoms with van der Waals surface area (Å²) in [7, 11) is 4.15. The van der Waals surface area contributed by atoms with Gasteiger partial charge >= 0.3 is 0 Å². The molecule has 4 atom stereocenters. The van der Waals surface area contributed by atoms with Crippen LogP contribution in [0.3, 0.4) is 0 Å². The first kappa shape index (κ1) is 14.8. The molecule has 0 heterocycles. The Morgan fingerprint density at radius 3 is 2.00 bits per heavy atom. The number of aliphatic hydroxyl groups excluding tert-OH is 3. The lowest BCUT2D eigenvalue weighted by molar-refractivity contribution is -0.146. The number of aliphatic hydroxyl groups is 3. The minimum atomic E-state index is -1.12. The quantitative estimate of drug-likeness (QED) is 0.459. The SMILES string of the molecule is COC[C@@H](O)[C@@H](OC)[C@H](O)[C@H](CO)OC. The van der Waals surface area contributed by atoms with Gasteiger partial charge in [-0.05, 0) is 0 Å². The molecule has 0 aliphatic rings. The molecular weight excluding hydrogens is 204 g/mol. The Morgan fingerprint density at radius 2 is 1.67 bits per heavy atom. The van der Waals surface area contributed by atoms with Gasteiger partial charge < -0.3 is 29.5 Å². The van der Waals surface area contributed by atoms with Gasteiger partial charge in [0.1, 0.15) is 24.4 Å². The van der Waals surface area contributed by atoms with E-state index in [2.05, 4.69) is 0 Å². The number of methoxy groups -OCH3 is 3. The second-order valence-corrected chi connectivity index (χ2v) is 3.17. The van der Waals surface area contributed by atoms with Gasteiger partial charge in [0.15, 0.2) is 0 Å². The van der Waals surface area contributed by atoms with E-state index in [0.29, 0.717) is 0 Å². The molecule has 0 saturated heterocycles. The van der Waals surface area contributed by atoms with Crippen LogP contribution in [0.4, 0.5) is 0 Å². The average Bonchev–Trinajstić information content (AvgIpc) is 2.21. The predicted octanol–water partition coefficient (Wildman–Crippen LogP) is -1.62. The second kappa shape index (κ2) is 7.98. The van der Waals surface area contributed by atoms with Crippen molar-refractivity contribution in [1.82, 2.24) is 0 Å². The molecule has 0 unspecified atom stereocenters. The first-order valence-electron chi connectivity index (χ1n) is 4.63. The maximum atomic E-state index is 9.74. The van der Waals surface area contributed by atoms with Gasteiger partial charge in [0.05, 0.1) is 13.2 Å². The average molecular weight is 224 g/mol. The molecule has 6 nitrogen and oxygen atoms in total. The van der Waals surface area contributed by atoms with Crippen molar-refractivity contribution in [3.8, 4) is 0 Å². The molecule has 92 valence electrons. The van der Waals surface area contributed by atoms with Crippen LogP contribution in [0, 0.1) is 0 Å². The molecule has 0 radical (unpaired) electrons. The maximum Gasteiger partial charge on any atom is 0.114 e. The van der Waals surface area contributed by atoms with Crippen molar-refractivity contribution >= 4 is 0 Å². The first-order chi connectivity index (χ1) is 7.12. The summed E-state index contributed by atoms with van der Waals surface area (Å²) in [4.78, 5) is 0. The zero-order valence-electron chi connectivity index (χ0n) is 9.29. The van der Waals surface area contributed by atoms with Crippen LogP contribution in [0.25, 0.3) is 0 Å². The number of rotatable bonds is 8. The fraction of sp³-hybridized carbons (Fsp3) is 1.00. The molecule has 3 N–H and O–H groups in total. The molecule has 0 aromatic rings. The van der Waals surface area contributed by atoms with Crippen molar-refractivity contribution in [2.24, 2.45) is 0 Å². The van der Waals surface area contributed by atoms with E-state index in [-0.39, 0.29) is 13.2 Å². The molecule has 15 heavy (non-hydrogen) atoms. The molecule has 0 aromatic heterocycles. The van der Waals surface area contributed by atoms with Crippen LogP contribution < -0.4 is 0 Å². The Balaban J connectivity index is 4.36. The number of ether oxygens (including phenoxy) is 3. The Bertz CT molecular complexity index is 150. The van der Waals surface area contributed by atoms with E-state index in [4.69, 9.17) is 19.3 Å². The summed E-state index contributed by atoms with van der Waals surface area (Å²) < 4.78 is 14.5. The van der Waals surface area contributed by atoms with Gasteiger partial charge in [0, 0.05) is 21.3 Å². The van der Waals surface area contributed by atoms with Crippen LogP contribution in [0.5, 0.6) is 0 Å². The van der Waals surface area contributed by atoms with Crippen LogP contribution in [0.1, 0.15) is 0 Å². The normalized spacial score (nSPS) is 19.6. The van der Waals surface area contributed by atoms with Crippen LogP contribution in [-0.4, -0.2) is 74.3 Å². The van der Waals surface area contributed by atoms with Crippen molar-refractivity contribution in [2.45, 2.75) is 24.4 Å². The third kappa shape index (κ3) is 4.42. The van der Waals surface area contributed by atoms with Crippen LogP contribution in [-0.2, 0) is 14.2 Å². The molecular formula is C9H20O6. The van der Waals surface area contributed by atoms with Crippen molar-refractivity contribution in [1.29, 1.82) is 0 Å². The van der Waals surface area contributed by atoms with Gasteiger partial charge in [-0.15, -0.1) is 0 Å².